The van der Waals surface area contributed by atoms with Crippen LogP contribution in [0.25, 0.3) is 11.1 Å². The number of methoxy groups -OCH3 is 1. The van der Waals surface area contributed by atoms with Crippen molar-refractivity contribution in [2.24, 2.45) is 0 Å². The summed E-state index contributed by atoms with van der Waals surface area (Å²) < 4.78 is 5.00. The van der Waals surface area contributed by atoms with E-state index in [2.05, 4.69) is 5.32 Å². The average molecular weight is 258 g/mol. The molecule has 4 nitrogen and oxygen atoms in total. The molecule has 0 aliphatic rings. The molecule has 0 unspecified atom stereocenters. The Morgan fingerprint density at radius 3 is 2.79 bits per heavy atom. The van der Waals surface area contributed by atoms with Crippen LogP contribution in [-0.4, -0.2) is 25.4 Å². The molecule has 0 aliphatic carbocycles. The summed E-state index contributed by atoms with van der Waals surface area (Å²) in [6, 6.07) is 12.8. The molecule has 0 saturated heterocycles. The molecule has 0 heterocycles. The van der Waals surface area contributed by atoms with Crippen molar-refractivity contribution in [1.29, 1.82) is 0 Å². The van der Waals surface area contributed by atoms with Crippen molar-refractivity contribution in [3.05, 3.63) is 42.5 Å². The molecule has 0 aliphatic heterocycles. The van der Waals surface area contributed by atoms with E-state index in [1.165, 1.54) is 0 Å². The molecular weight excluding hydrogens is 240 g/mol. The highest BCUT2D eigenvalue weighted by Gasteiger charge is 2.05. The van der Waals surface area contributed by atoms with E-state index in [1.807, 2.05) is 24.3 Å². The van der Waals surface area contributed by atoms with E-state index in [-0.39, 0.29) is 5.75 Å². The van der Waals surface area contributed by atoms with Crippen LogP contribution < -0.4 is 11.1 Å². The number of rotatable bonds is 5. The van der Waals surface area contributed by atoms with Crippen molar-refractivity contribution in [1.82, 2.24) is 0 Å². The Morgan fingerprint density at radius 2 is 2.05 bits per heavy atom. The normalized spacial score (nSPS) is 10.4. The van der Waals surface area contributed by atoms with Gasteiger partial charge >= 0.3 is 0 Å². The first kappa shape index (κ1) is 13.2. The van der Waals surface area contributed by atoms with Crippen LogP contribution in [0.15, 0.2) is 42.5 Å². The lowest BCUT2D eigenvalue weighted by atomic mass is 10.0. The lowest BCUT2D eigenvalue weighted by Gasteiger charge is -2.11. The Kier molecular flexibility index (Phi) is 4.26. The van der Waals surface area contributed by atoms with Gasteiger partial charge in [-0.3, -0.25) is 0 Å². The highest BCUT2D eigenvalue weighted by molar-refractivity contribution is 5.80. The Bertz CT molecular complexity index is 556. The third-order valence-corrected chi connectivity index (χ3v) is 2.85. The van der Waals surface area contributed by atoms with E-state index in [0.717, 1.165) is 23.4 Å². The number of aromatic hydroxyl groups is 1. The zero-order chi connectivity index (χ0) is 13.7. The summed E-state index contributed by atoms with van der Waals surface area (Å²) in [4.78, 5) is 0. The first-order valence-electron chi connectivity index (χ1n) is 6.12. The largest absolute Gasteiger partial charge is 0.508 e. The lowest BCUT2D eigenvalue weighted by molar-refractivity contribution is 0.211. The standard InChI is InChI=1S/C15H18N2O2/c1-19-8-7-17-12-5-6-15(16)14(10-12)11-3-2-4-13(18)9-11/h2-6,9-10,17-18H,7-8,16H2,1H3. The van der Waals surface area contributed by atoms with Gasteiger partial charge in [0, 0.05) is 30.6 Å². The van der Waals surface area contributed by atoms with Gasteiger partial charge in [0.25, 0.3) is 0 Å². The fraction of sp³-hybridized carbons (Fsp3) is 0.200. The number of anilines is 2. The minimum atomic E-state index is 0.231. The molecule has 4 N–H and O–H groups in total. The minimum absolute atomic E-state index is 0.231. The van der Waals surface area contributed by atoms with Crippen LogP contribution in [0.4, 0.5) is 11.4 Å². The Labute approximate surface area is 112 Å². The number of ether oxygens (including phenoxy) is 1. The maximum absolute atomic E-state index is 9.53. The SMILES string of the molecule is COCCNc1ccc(N)c(-c2cccc(O)c2)c1. The third kappa shape index (κ3) is 3.39. The van der Waals surface area contributed by atoms with E-state index in [1.54, 1.807) is 25.3 Å². The summed E-state index contributed by atoms with van der Waals surface area (Å²) in [5, 5.41) is 12.8. The van der Waals surface area contributed by atoms with Gasteiger partial charge in [-0.2, -0.15) is 0 Å². The third-order valence-electron chi connectivity index (χ3n) is 2.85. The number of nitrogens with two attached hydrogens (primary N) is 1. The smallest absolute Gasteiger partial charge is 0.116 e. The molecule has 19 heavy (non-hydrogen) atoms. The molecular formula is C15H18N2O2. The second kappa shape index (κ2) is 6.11. The molecule has 0 radical (unpaired) electrons. The molecule has 2 aromatic carbocycles. The molecule has 2 aromatic rings. The van der Waals surface area contributed by atoms with Gasteiger partial charge in [0.15, 0.2) is 0 Å². The van der Waals surface area contributed by atoms with Gasteiger partial charge in [-0.05, 0) is 35.9 Å². The zero-order valence-electron chi connectivity index (χ0n) is 10.9. The van der Waals surface area contributed by atoms with Gasteiger partial charge in [0.1, 0.15) is 5.75 Å². The summed E-state index contributed by atoms with van der Waals surface area (Å²) in [6.07, 6.45) is 0. The van der Waals surface area contributed by atoms with Crippen molar-refractivity contribution in [3.8, 4) is 16.9 Å². The fourth-order valence-electron chi connectivity index (χ4n) is 1.89. The van der Waals surface area contributed by atoms with Gasteiger partial charge in [-0.1, -0.05) is 12.1 Å². The number of nitrogens with one attached hydrogen (secondary N) is 1. The molecule has 0 atom stereocenters. The maximum Gasteiger partial charge on any atom is 0.116 e. The van der Waals surface area contributed by atoms with E-state index >= 15 is 0 Å². The van der Waals surface area contributed by atoms with Crippen molar-refractivity contribution in [2.75, 3.05) is 31.3 Å². The number of hydrogen-bond acceptors (Lipinski definition) is 4. The number of phenols is 1. The van der Waals surface area contributed by atoms with E-state index in [9.17, 15) is 5.11 Å². The topological polar surface area (TPSA) is 67.5 Å². The number of hydrogen-bond donors (Lipinski definition) is 3. The maximum atomic E-state index is 9.53. The van der Waals surface area contributed by atoms with Crippen LogP contribution in [-0.2, 0) is 4.74 Å². The molecule has 0 amide bonds. The summed E-state index contributed by atoms with van der Waals surface area (Å²) in [5.41, 5.74) is 9.45. The van der Waals surface area contributed by atoms with Gasteiger partial charge in [0.05, 0.1) is 6.61 Å². The summed E-state index contributed by atoms with van der Waals surface area (Å²) >= 11 is 0. The van der Waals surface area contributed by atoms with Gasteiger partial charge < -0.3 is 20.9 Å². The molecule has 2 rings (SSSR count). The van der Waals surface area contributed by atoms with Crippen LogP contribution in [0.2, 0.25) is 0 Å². The summed E-state index contributed by atoms with van der Waals surface area (Å²) in [6.45, 7) is 1.38. The van der Waals surface area contributed by atoms with E-state index < -0.39 is 0 Å². The van der Waals surface area contributed by atoms with E-state index in [4.69, 9.17) is 10.5 Å². The lowest BCUT2D eigenvalue weighted by Crippen LogP contribution is -2.07. The second-order valence-corrected chi connectivity index (χ2v) is 4.27. The van der Waals surface area contributed by atoms with Crippen molar-refractivity contribution >= 4 is 11.4 Å². The zero-order valence-corrected chi connectivity index (χ0v) is 10.9. The summed E-state index contributed by atoms with van der Waals surface area (Å²) in [5.74, 6) is 0.231. The van der Waals surface area contributed by atoms with Crippen LogP contribution in [0, 0.1) is 0 Å². The molecule has 0 aromatic heterocycles. The predicted octanol–water partition coefficient (Wildman–Crippen LogP) is 2.70. The number of benzene rings is 2. The van der Waals surface area contributed by atoms with Crippen LogP contribution in [0.1, 0.15) is 0 Å². The van der Waals surface area contributed by atoms with Gasteiger partial charge in [-0.25, -0.2) is 0 Å². The van der Waals surface area contributed by atoms with Crippen LogP contribution >= 0.6 is 0 Å². The van der Waals surface area contributed by atoms with Gasteiger partial charge in [-0.15, -0.1) is 0 Å². The molecule has 0 saturated carbocycles. The Balaban J connectivity index is 2.26. The number of phenolic OH excluding ortho intramolecular Hbond substituents is 1. The molecule has 4 heteroatoms. The highest BCUT2D eigenvalue weighted by Crippen LogP contribution is 2.30. The van der Waals surface area contributed by atoms with Crippen molar-refractivity contribution in [2.45, 2.75) is 0 Å². The van der Waals surface area contributed by atoms with Crippen LogP contribution in [0.5, 0.6) is 5.75 Å². The predicted molar refractivity (Wildman–Crippen MR) is 78.3 cm³/mol. The molecule has 100 valence electrons. The summed E-state index contributed by atoms with van der Waals surface area (Å²) in [7, 11) is 1.67. The van der Waals surface area contributed by atoms with E-state index in [0.29, 0.717) is 12.3 Å². The van der Waals surface area contributed by atoms with Gasteiger partial charge in [0.2, 0.25) is 0 Å². The molecule has 0 spiro atoms. The molecule has 0 bridgehead atoms. The van der Waals surface area contributed by atoms with Crippen molar-refractivity contribution in [3.63, 3.8) is 0 Å². The second-order valence-electron chi connectivity index (χ2n) is 4.27. The Hall–Kier alpha value is -2.20. The fourth-order valence-corrected chi connectivity index (χ4v) is 1.89. The first-order chi connectivity index (χ1) is 9.20. The monoisotopic (exact) mass is 258 g/mol. The number of nitrogen functional groups attached to an aromatic ring is 1. The Morgan fingerprint density at radius 1 is 1.21 bits per heavy atom. The minimum Gasteiger partial charge on any atom is -0.508 e. The van der Waals surface area contributed by atoms with Crippen molar-refractivity contribution < 1.29 is 9.84 Å². The first-order valence-corrected chi connectivity index (χ1v) is 6.12. The van der Waals surface area contributed by atoms with Crippen LogP contribution in [0.3, 0.4) is 0 Å². The molecule has 0 fully saturated rings. The average Bonchev–Trinajstić information content (AvgIpc) is 2.41. The quantitative estimate of drug-likeness (QED) is 0.570. The highest BCUT2D eigenvalue weighted by atomic mass is 16.5.